The van der Waals surface area contributed by atoms with Crippen molar-refractivity contribution in [3.05, 3.63) is 0 Å². The zero-order chi connectivity index (χ0) is 32.5. The monoisotopic (exact) mass is 695 g/mol. The Morgan fingerprint density at radius 2 is 1.18 bits per heavy atom. The second kappa shape index (κ2) is 27.8. The third kappa shape index (κ3) is 58.3. The summed E-state index contributed by atoms with van der Waals surface area (Å²) in [5, 5.41) is 0.867. The van der Waals surface area contributed by atoms with Crippen LogP contribution in [-0.2, 0) is 52.4 Å². The second-order valence-corrected chi connectivity index (χ2v) is 14.2. The molecule has 0 heterocycles. The van der Waals surface area contributed by atoms with Gasteiger partial charge in [-0.25, -0.2) is 0 Å². The molecule has 0 N–H and O–H groups in total. The molecule has 0 aromatic carbocycles. The van der Waals surface area contributed by atoms with Crippen molar-refractivity contribution in [1.82, 2.24) is 4.90 Å². The predicted molar refractivity (Wildman–Crippen MR) is 162 cm³/mol. The lowest BCUT2D eigenvalue weighted by molar-refractivity contribution is -0.143. The van der Waals surface area contributed by atoms with Crippen molar-refractivity contribution in [2.75, 3.05) is 51.0 Å². The summed E-state index contributed by atoms with van der Waals surface area (Å²) in [5.74, 6) is -0.100. The molecular weight excluding hydrogens is 642 g/mol. The van der Waals surface area contributed by atoms with E-state index in [0.29, 0.717) is 25.1 Å². The van der Waals surface area contributed by atoms with Gasteiger partial charge in [0.25, 0.3) is 30.4 Å². The molecule has 242 valence electrons. The summed E-state index contributed by atoms with van der Waals surface area (Å²) in [6, 6.07) is 1.38. The van der Waals surface area contributed by atoms with Crippen LogP contribution < -0.4 is 0 Å². The quantitative estimate of drug-likeness (QED) is 0.165. The molecule has 0 aliphatic carbocycles. The molecule has 0 rings (SSSR count). The number of hydrogen-bond donors (Lipinski definition) is 0. The zero-order valence-electron chi connectivity index (χ0n) is 26.0. The molecule has 0 fully saturated rings. The number of rotatable bonds is 12. The summed E-state index contributed by atoms with van der Waals surface area (Å²) in [4.78, 5) is 13.0. The van der Waals surface area contributed by atoms with E-state index in [1.165, 1.54) is 0 Å². The molecule has 0 radical (unpaired) electrons. The molecule has 39 heavy (non-hydrogen) atoms. The Kier molecular flexibility index (Phi) is 34.5. The minimum Gasteiger partial charge on any atom is -0.466 e. The first-order valence-electron chi connectivity index (χ1n) is 12.4. The normalized spacial score (nSPS) is 11.3. The van der Waals surface area contributed by atoms with Crippen LogP contribution in [0.3, 0.4) is 0 Å². The summed E-state index contributed by atoms with van der Waals surface area (Å²) < 4.78 is 77.2. The van der Waals surface area contributed by atoms with Gasteiger partial charge in [-0.2, -0.15) is 25.3 Å². The lowest BCUT2D eigenvalue weighted by Gasteiger charge is -2.28. The summed E-state index contributed by atoms with van der Waals surface area (Å²) >= 11 is 3.22. The van der Waals surface area contributed by atoms with Crippen LogP contribution in [0.2, 0.25) is 0 Å². The van der Waals surface area contributed by atoms with Crippen molar-refractivity contribution in [3.8, 4) is 0 Å². The number of nitrogens with zero attached hydrogens (tertiary/aromatic N) is 1. The number of hydrogen-bond acceptors (Lipinski definition) is 12. The van der Waals surface area contributed by atoms with Crippen molar-refractivity contribution in [3.63, 3.8) is 0 Å². The Morgan fingerprint density at radius 3 is 1.28 bits per heavy atom. The van der Waals surface area contributed by atoms with Gasteiger partial charge in [0.15, 0.2) is 0 Å². The van der Waals surface area contributed by atoms with E-state index in [9.17, 15) is 30.0 Å². The second-order valence-electron chi connectivity index (χ2n) is 8.45. The fourth-order valence-electron chi connectivity index (χ4n) is 2.33. The molecule has 16 heteroatoms. The Labute approximate surface area is 248 Å². The van der Waals surface area contributed by atoms with E-state index in [1.54, 1.807) is 20.8 Å². The van der Waals surface area contributed by atoms with Crippen molar-refractivity contribution in [2.45, 2.75) is 93.3 Å². The third-order valence-electron chi connectivity index (χ3n) is 3.51. The maximum Gasteiger partial charge on any atom is 0.305 e. The van der Waals surface area contributed by atoms with Crippen LogP contribution in [0.5, 0.6) is 0 Å². The number of carbonyl (C=O) groups excluding carboxylic acids is 1. The van der Waals surface area contributed by atoms with Crippen LogP contribution in [-0.4, -0.2) is 105 Å². The lowest BCUT2D eigenvalue weighted by atomic mass is 10.2. The number of ether oxygens (including phenoxy) is 1. The predicted octanol–water partition coefficient (Wildman–Crippen LogP) is 3.80. The summed E-state index contributed by atoms with van der Waals surface area (Å²) in [7, 11) is -8.44. The Morgan fingerprint density at radius 1 is 0.769 bits per heavy atom. The smallest absolute Gasteiger partial charge is 0.305 e. The molecule has 12 nitrogen and oxygen atoms in total. The van der Waals surface area contributed by atoms with Gasteiger partial charge >= 0.3 is 5.97 Å². The summed E-state index contributed by atoms with van der Waals surface area (Å²) in [5.41, 5.74) is 0. The van der Waals surface area contributed by atoms with Crippen LogP contribution in [0.25, 0.3) is 0 Å². The van der Waals surface area contributed by atoms with Gasteiger partial charge in [-0.3, -0.25) is 22.2 Å². The third-order valence-corrected chi connectivity index (χ3v) is 6.08. The number of halogens is 1. The molecule has 0 bridgehead atoms. The largest absolute Gasteiger partial charge is 0.466 e. The number of carbonyl (C=O) groups is 1. The highest BCUT2D eigenvalue weighted by atomic mass is 79.9. The van der Waals surface area contributed by atoms with Gasteiger partial charge in [0.2, 0.25) is 0 Å². The highest BCUT2D eigenvalue weighted by Gasteiger charge is 2.09. The first kappa shape index (κ1) is 48.4. The van der Waals surface area contributed by atoms with Crippen molar-refractivity contribution < 1.29 is 47.3 Å². The Balaban J connectivity index is -0.000000124. The van der Waals surface area contributed by atoms with Gasteiger partial charge in [0.05, 0.1) is 45.2 Å². The molecule has 0 aromatic rings. The van der Waals surface area contributed by atoms with Crippen molar-refractivity contribution in [1.29, 1.82) is 0 Å². The van der Waals surface area contributed by atoms with Crippen LogP contribution in [0.15, 0.2) is 0 Å². The van der Waals surface area contributed by atoms with Gasteiger partial charge in [-0.1, -0.05) is 22.9 Å². The van der Waals surface area contributed by atoms with Gasteiger partial charge < -0.3 is 4.74 Å². The SMILES string of the molecule is CC(C)OS(C)(=O)=O.CCN(C(C)C)C(C)C.CCOC(=O)CCCBr.CCOS(C)(=O)=O.COS(C)(=O)=O. The standard InChI is InChI=1S/C8H19N.C6H11BrO2.C4H10O3S.C3H8O3S.C2H6O3S/c1-6-9(7(2)3)8(4)5;1-2-9-6(8)4-3-5-7;1-4(2)7-8(3,5)6;1-3-6-7(2,4)5;1-5-6(2,3)4/h7-8H,6H2,1-5H3;2-5H2,1H3;4H,1-3H3;3H2,1-2H3;1-2H3. The van der Waals surface area contributed by atoms with E-state index in [-0.39, 0.29) is 18.7 Å². The molecule has 0 atom stereocenters. The first-order valence-corrected chi connectivity index (χ1v) is 19.0. The molecule has 0 saturated heterocycles. The zero-order valence-corrected chi connectivity index (χ0v) is 30.1. The minimum absolute atomic E-state index is 0.100. The van der Waals surface area contributed by atoms with Crippen molar-refractivity contribution >= 4 is 52.3 Å². The van der Waals surface area contributed by atoms with Crippen LogP contribution in [0.4, 0.5) is 0 Å². The lowest BCUT2D eigenvalue weighted by Crippen LogP contribution is -2.36. The van der Waals surface area contributed by atoms with Gasteiger partial charge in [-0.05, 0) is 68.4 Å². The van der Waals surface area contributed by atoms with E-state index in [2.05, 4.69) is 72.7 Å². The number of alkyl halides is 1. The molecule has 0 unspecified atom stereocenters. The highest BCUT2D eigenvalue weighted by Crippen LogP contribution is 2.02. The molecule has 0 spiro atoms. The van der Waals surface area contributed by atoms with Crippen LogP contribution in [0, 0.1) is 0 Å². The molecule has 0 aromatic heterocycles. The first-order chi connectivity index (χ1) is 17.4. The highest BCUT2D eigenvalue weighted by molar-refractivity contribution is 9.09. The van der Waals surface area contributed by atoms with Gasteiger partial charge in [-0.15, -0.1) is 0 Å². The maximum absolute atomic E-state index is 10.6. The number of esters is 1. The van der Waals surface area contributed by atoms with E-state index < -0.39 is 30.4 Å². The van der Waals surface area contributed by atoms with Gasteiger partial charge in [0.1, 0.15) is 0 Å². The molecule has 0 aliphatic rings. The summed E-state index contributed by atoms with van der Waals surface area (Å²) in [6.07, 6.45) is 4.19. The Hall–Kier alpha value is -0.360. The van der Waals surface area contributed by atoms with Gasteiger partial charge in [0, 0.05) is 23.8 Å². The van der Waals surface area contributed by atoms with E-state index >= 15 is 0 Å². The fraction of sp³-hybridized carbons (Fsp3) is 0.957. The Bertz CT molecular complexity index is 867. The van der Waals surface area contributed by atoms with Crippen LogP contribution >= 0.6 is 15.9 Å². The molecule has 0 amide bonds. The minimum atomic E-state index is -3.22. The average Bonchev–Trinajstić information content (AvgIpc) is 2.71. The van der Waals surface area contributed by atoms with E-state index in [0.717, 1.165) is 44.2 Å². The summed E-state index contributed by atoms with van der Waals surface area (Å²) in [6.45, 7) is 19.8. The molecule has 0 aliphatic heterocycles. The topological polar surface area (TPSA) is 160 Å². The van der Waals surface area contributed by atoms with E-state index in [4.69, 9.17) is 0 Å². The van der Waals surface area contributed by atoms with Crippen LogP contribution in [0.1, 0.15) is 75.2 Å². The van der Waals surface area contributed by atoms with Crippen molar-refractivity contribution in [2.24, 2.45) is 0 Å². The fourth-order valence-corrected chi connectivity index (χ4v) is 3.74. The molecule has 0 saturated carbocycles. The molecular formula is C23H54BrNO11S3. The van der Waals surface area contributed by atoms with E-state index in [1.807, 2.05) is 6.92 Å². The average molecular weight is 697 g/mol. The maximum atomic E-state index is 10.6.